The Morgan fingerprint density at radius 3 is 3.06 bits per heavy atom. The Morgan fingerprint density at radius 1 is 1.56 bits per heavy atom. The third kappa shape index (κ3) is 5.44. The van der Waals surface area contributed by atoms with E-state index in [1.165, 1.54) is 0 Å². The van der Waals surface area contributed by atoms with Crippen molar-refractivity contribution in [2.75, 3.05) is 33.4 Å². The zero-order chi connectivity index (χ0) is 11.8. The van der Waals surface area contributed by atoms with E-state index in [1.54, 1.807) is 7.11 Å². The highest BCUT2D eigenvalue weighted by Crippen LogP contribution is 2.12. The lowest BCUT2D eigenvalue weighted by Crippen LogP contribution is -2.44. The molecule has 2 N–H and O–H groups in total. The van der Waals surface area contributed by atoms with Crippen molar-refractivity contribution in [3.8, 4) is 0 Å². The Balaban J connectivity index is 2.08. The fourth-order valence-electron chi connectivity index (χ4n) is 1.78. The first-order chi connectivity index (χ1) is 7.72. The maximum atomic E-state index is 11.5. The predicted molar refractivity (Wildman–Crippen MR) is 61.3 cm³/mol. The van der Waals surface area contributed by atoms with Crippen LogP contribution in [0.1, 0.15) is 19.8 Å². The van der Waals surface area contributed by atoms with E-state index in [0.29, 0.717) is 19.7 Å². The van der Waals surface area contributed by atoms with E-state index in [2.05, 4.69) is 10.6 Å². The van der Waals surface area contributed by atoms with Crippen LogP contribution in [0.3, 0.4) is 0 Å². The molecule has 1 fully saturated rings. The van der Waals surface area contributed by atoms with Gasteiger partial charge >= 0.3 is 0 Å². The number of ether oxygens (including phenoxy) is 2. The second-order valence-electron chi connectivity index (χ2n) is 4.14. The fraction of sp³-hybridized carbons (Fsp3) is 0.909. The standard InChI is InChI=1S/C11H22N2O3/c1-9-7-10(3-5-16-9)13-11(14)8-12-4-6-15-2/h9-10,12H,3-8H2,1-2H3,(H,13,14). The van der Waals surface area contributed by atoms with Crippen LogP contribution < -0.4 is 10.6 Å². The van der Waals surface area contributed by atoms with Crippen LogP contribution in [0.2, 0.25) is 0 Å². The topological polar surface area (TPSA) is 59.6 Å². The normalized spacial score (nSPS) is 25.4. The molecule has 0 saturated carbocycles. The van der Waals surface area contributed by atoms with E-state index in [9.17, 15) is 4.79 Å². The molecular formula is C11H22N2O3. The highest BCUT2D eigenvalue weighted by atomic mass is 16.5. The number of hydrogen-bond donors (Lipinski definition) is 2. The molecule has 1 amide bonds. The van der Waals surface area contributed by atoms with Gasteiger partial charge in [-0.2, -0.15) is 0 Å². The molecule has 0 bridgehead atoms. The van der Waals surface area contributed by atoms with Crippen molar-refractivity contribution in [2.45, 2.75) is 31.9 Å². The van der Waals surface area contributed by atoms with Gasteiger partial charge in [0.05, 0.1) is 19.3 Å². The summed E-state index contributed by atoms with van der Waals surface area (Å²) in [5, 5.41) is 6.02. The summed E-state index contributed by atoms with van der Waals surface area (Å²) in [6.07, 6.45) is 2.07. The molecule has 1 aliphatic heterocycles. The lowest BCUT2D eigenvalue weighted by Gasteiger charge is -2.27. The molecule has 1 saturated heterocycles. The summed E-state index contributed by atoms with van der Waals surface area (Å²) in [7, 11) is 1.64. The van der Waals surface area contributed by atoms with Crippen molar-refractivity contribution >= 4 is 5.91 Å². The third-order valence-electron chi connectivity index (χ3n) is 2.62. The van der Waals surface area contributed by atoms with E-state index < -0.39 is 0 Å². The summed E-state index contributed by atoms with van der Waals surface area (Å²) in [6.45, 7) is 4.46. The molecule has 0 aromatic heterocycles. The Morgan fingerprint density at radius 2 is 2.38 bits per heavy atom. The minimum absolute atomic E-state index is 0.0511. The van der Waals surface area contributed by atoms with E-state index in [1.807, 2.05) is 6.92 Å². The second-order valence-corrected chi connectivity index (χ2v) is 4.14. The van der Waals surface area contributed by atoms with Crippen molar-refractivity contribution in [1.82, 2.24) is 10.6 Å². The predicted octanol–water partition coefficient (Wildman–Crippen LogP) is -0.0939. The molecule has 5 nitrogen and oxygen atoms in total. The van der Waals surface area contributed by atoms with Gasteiger partial charge in [-0.3, -0.25) is 4.79 Å². The van der Waals surface area contributed by atoms with Gasteiger partial charge in [-0.05, 0) is 19.8 Å². The minimum atomic E-state index is 0.0511. The highest BCUT2D eigenvalue weighted by molar-refractivity contribution is 5.78. The monoisotopic (exact) mass is 230 g/mol. The molecule has 0 spiro atoms. The molecule has 5 heteroatoms. The molecule has 16 heavy (non-hydrogen) atoms. The first-order valence-corrected chi connectivity index (χ1v) is 5.83. The minimum Gasteiger partial charge on any atom is -0.383 e. The summed E-state index contributed by atoms with van der Waals surface area (Å²) in [5.41, 5.74) is 0. The first-order valence-electron chi connectivity index (χ1n) is 5.83. The fourth-order valence-corrected chi connectivity index (χ4v) is 1.78. The Hall–Kier alpha value is -0.650. The quantitative estimate of drug-likeness (QED) is 0.626. The number of hydrogen-bond acceptors (Lipinski definition) is 4. The molecule has 94 valence electrons. The Kier molecular flexibility index (Phi) is 6.37. The average Bonchev–Trinajstić information content (AvgIpc) is 2.24. The molecular weight excluding hydrogens is 208 g/mol. The summed E-state index contributed by atoms with van der Waals surface area (Å²) in [4.78, 5) is 11.5. The van der Waals surface area contributed by atoms with Crippen LogP contribution in [0.5, 0.6) is 0 Å². The van der Waals surface area contributed by atoms with E-state index >= 15 is 0 Å². The second kappa shape index (κ2) is 7.60. The molecule has 1 heterocycles. The molecule has 1 aliphatic rings. The molecule has 0 aliphatic carbocycles. The van der Waals surface area contributed by atoms with E-state index in [-0.39, 0.29) is 18.1 Å². The number of rotatable bonds is 6. The van der Waals surface area contributed by atoms with Crippen molar-refractivity contribution < 1.29 is 14.3 Å². The lowest BCUT2D eigenvalue weighted by atomic mass is 10.0. The Labute approximate surface area is 96.9 Å². The van der Waals surface area contributed by atoms with Crippen molar-refractivity contribution in [2.24, 2.45) is 0 Å². The summed E-state index contributed by atoms with van der Waals surface area (Å²) in [6, 6.07) is 0.264. The van der Waals surface area contributed by atoms with Crippen LogP contribution in [0, 0.1) is 0 Å². The molecule has 2 unspecified atom stereocenters. The maximum Gasteiger partial charge on any atom is 0.234 e. The number of methoxy groups -OCH3 is 1. The molecule has 2 atom stereocenters. The zero-order valence-corrected chi connectivity index (χ0v) is 10.1. The van der Waals surface area contributed by atoms with Crippen LogP contribution in [0.15, 0.2) is 0 Å². The van der Waals surface area contributed by atoms with Crippen LogP contribution in [0.4, 0.5) is 0 Å². The average molecular weight is 230 g/mol. The number of carbonyl (C=O) groups is 1. The molecule has 0 aromatic rings. The van der Waals surface area contributed by atoms with E-state index in [0.717, 1.165) is 19.4 Å². The van der Waals surface area contributed by atoms with Gasteiger partial charge in [-0.15, -0.1) is 0 Å². The number of amides is 1. The van der Waals surface area contributed by atoms with Gasteiger partial charge in [0, 0.05) is 26.3 Å². The van der Waals surface area contributed by atoms with Gasteiger partial charge < -0.3 is 20.1 Å². The van der Waals surface area contributed by atoms with Gasteiger partial charge in [-0.1, -0.05) is 0 Å². The SMILES string of the molecule is COCCNCC(=O)NC1CCOC(C)C1. The van der Waals surface area contributed by atoms with Crippen molar-refractivity contribution in [1.29, 1.82) is 0 Å². The molecule has 0 radical (unpaired) electrons. The summed E-state index contributed by atoms with van der Waals surface area (Å²) >= 11 is 0. The van der Waals surface area contributed by atoms with Gasteiger partial charge in [0.15, 0.2) is 0 Å². The first kappa shape index (κ1) is 13.4. The van der Waals surface area contributed by atoms with Crippen molar-refractivity contribution in [3.63, 3.8) is 0 Å². The molecule has 0 aromatic carbocycles. The van der Waals surface area contributed by atoms with Gasteiger partial charge in [0.2, 0.25) is 5.91 Å². The van der Waals surface area contributed by atoms with Crippen LogP contribution >= 0.6 is 0 Å². The van der Waals surface area contributed by atoms with Gasteiger partial charge in [0.25, 0.3) is 0 Å². The zero-order valence-electron chi connectivity index (χ0n) is 10.1. The largest absolute Gasteiger partial charge is 0.383 e. The number of carbonyl (C=O) groups excluding carboxylic acids is 1. The smallest absolute Gasteiger partial charge is 0.234 e. The third-order valence-corrected chi connectivity index (χ3v) is 2.62. The Bertz CT molecular complexity index is 211. The number of nitrogens with one attached hydrogen (secondary N) is 2. The molecule has 1 rings (SSSR count). The van der Waals surface area contributed by atoms with Gasteiger partial charge in [0.1, 0.15) is 0 Å². The van der Waals surface area contributed by atoms with E-state index in [4.69, 9.17) is 9.47 Å². The van der Waals surface area contributed by atoms with Gasteiger partial charge in [-0.25, -0.2) is 0 Å². The summed E-state index contributed by atoms with van der Waals surface area (Å²) in [5.74, 6) is 0.0511. The summed E-state index contributed by atoms with van der Waals surface area (Å²) < 4.78 is 10.3. The van der Waals surface area contributed by atoms with Crippen LogP contribution in [-0.4, -0.2) is 51.5 Å². The lowest BCUT2D eigenvalue weighted by molar-refractivity contribution is -0.121. The van der Waals surface area contributed by atoms with Crippen LogP contribution in [-0.2, 0) is 14.3 Å². The van der Waals surface area contributed by atoms with Crippen LogP contribution in [0.25, 0.3) is 0 Å². The highest BCUT2D eigenvalue weighted by Gasteiger charge is 2.20. The van der Waals surface area contributed by atoms with Crippen molar-refractivity contribution in [3.05, 3.63) is 0 Å². The maximum absolute atomic E-state index is 11.5.